The van der Waals surface area contributed by atoms with E-state index in [2.05, 4.69) is 17.0 Å². The van der Waals surface area contributed by atoms with Crippen molar-refractivity contribution in [3.63, 3.8) is 0 Å². The summed E-state index contributed by atoms with van der Waals surface area (Å²) in [6.07, 6.45) is 3.32. The van der Waals surface area contributed by atoms with Gasteiger partial charge in [0.2, 0.25) is 5.17 Å². The molecule has 10 heteroatoms. The second kappa shape index (κ2) is 11.1. The van der Waals surface area contributed by atoms with Crippen LogP contribution in [0.3, 0.4) is 0 Å². The van der Waals surface area contributed by atoms with Crippen LogP contribution in [0.4, 0.5) is 0 Å². The van der Waals surface area contributed by atoms with Crippen molar-refractivity contribution in [2.24, 2.45) is 10.1 Å². The zero-order chi connectivity index (χ0) is 24.8. The molecule has 35 heavy (non-hydrogen) atoms. The maximum atomic E-state index is 12.6. The number of nitrogens with one attached hydrogen (secondary N) is 1. The van der Waals surface area contributed by atoms with E-state index in [0.717, 1.165) is 23.6 Å². The lowest BCUT2D eigenvalue weighted by Crippen LogP contribution is -2.35. The minimum atomic E-state index is -0.462. The molecule has 2 aromatic carbocycles. The number of ether oxygens (including phenoxy) is 4. The van der Waals surface area contributed by atoms with Crippen LogP contribution in [0, 0.1) is 5.41 Å². The van der Waals surface area contributed by atoms with E-state index in [4.69, 9.17) is 24.4 Å². The van der Waals surface area contributed by atoms with Gasteiger partial charge in [-0.1, -0.05) is 19.1 Å². The van der Waals surface area contributed by atoms with Gasteiger partial charge >= 0.3 is 0 Å². The molecule has 1 amide bonds. The number of amides is 1. The Bertz CT molecular complexity index is 1220. The van der Waals surface area contributed by atoms with Crippen LogP contribution in [-0.2, 0) is 4.79 Å². The summed E-state index contributed by atoms with van der Waals surface area (Å²) in [6.45, 7) is 2.69. The monoisotopic (exact) mass is 494 g/mol. The number of hydrogen-bond donors (Lipinski definition) is 1. The van der Waals surface area contributed by atoms with Crippen LogP contribution in [0.2, 0.25) is 0 Å². The van der Waals surface area contributed by atoms with E-state index in [0.29, 0.717) is 41.2 Å². The molecule has 182 valence electrons. The molecule has 0 aliphatic carbocycles. The first kappa shape index (κ1) is 24.3. The lowest BCUT2D eigenvalue weighted by Gasteiger charge is -2.20. The second-order valence-corrected chi connectivity index (χ2v) is 8.59. The highest BCUT2D eigenvalue weighted by Crippen LogP contribution is 2.32. The van der Waals surface area contributed by atoms with Crippen LogP contribution in [0.1, 0.15) is 25.3 Å². The number of nitrogens with zero attached hydrogens (tertiary/aromatic N) is 3. The largest absolute Gasteiger partial charge is 0.497 e. The maximum Gasteiger partial charge on any atom is 0.283 e. The van der Waals surface area contributed by atoms with Crippen LogP contribution in [0.15, 0.2) is 58.1 Å². The molecule has 0 aromatic heterocycles. The molecular formula is C25H26N4O5S. The third-order valence-electron chi connectivity index (χ3n) is 5.11. The average molecular weight is 495 g/mol. The zero-order valence-electron chi connectivity index (χ0n) is 19.7. The number of aliphatic imine (C=N–C) groups is 1. The van der Waals surface area contributed by atoms with Gasteiger partial charge in [0.1, 0.15) is 29.8 Å². The summed E-state index contributed by atoms with van der Waals surface area (Å²) >= 11 is 1.34. The van der Waals surface area contributed by atoms with Crippen LogP contribution >= 0.6 is 11.8 Å². The molecule has 0 fully saturated rings. The molecule has 0 radical (unpaired) electrons. The number of rotatable bonds is 10. The number of hydrogen-bond acceptors (Lipinski definition) is 8. The normalized spacial score (nSPS) is 16.1. The predicted octanol–water partition coefficient (Wildman–Crippen LogP) is 4.58. The molecule has 2 heterocycles. The Hall–Kier alpha value is -3.79. The van der Waals surface area contributed by atoms with Crippen molar-refractivity contribution in [2.75, 3.05) is 27.4 Å². The molecule has 0 spiro atoms. The fourth-order valence-electron chi connectivity index (χ4n) is 3.41. The van der Waals surface area contributed by atoms with Gasteiger partial charge in [0.25, 0.3) is 5.91 Å². The quantitative estimate of drug-likeness (QED) is 0.381. The van der Waals surface area contributed by atoms with Crippen molar-refractivity contribution in [3.8, 4) is 23.0 Å². The predicted molar refractivity (Wildman–Crippen MR) is 137 cm³/mol. The SMILES string of the molecule is CCCC1=NN2C(=N)/C(=C\c3ccc(OCCOc4cccc(OC)c4)c(OC)c3)C(=O)N=C2S1. The van der Waals surface area contributed by atoms with Crippen LogP contribution < -0.4 is 18.9 Å². The van der Waals surface area contributed by atoms with Gasteiger partial charge in [-0.3, -0.25) is 10.2 Å². The van der Waals surface area contributed by atoms with E-state index < -0.39 is 5.91 Å². The van der Waals surface area contributed by atoms with Gasteiger partial charge in [-0.2, -0.15) is 15.1 Å². The Morgan fingerprint density at radius 3 is 2.60 bits per heavy atom. The number of carbonyl (C=O) groups is 1. The van der Waals surface area contributed by atoms with E-state index in [1.54, 1.807) is 44.6 Å². The first-order valence-electron chi connectivity index (χ1n) is 11.1. The summed E-state index contributed by atoms with van der Waals surface area (Å²) in [4.78, 5) is 16.7. The van der Waals surface area contributed by atoms with Crippen molar-refractivity contribution in [1.29, 1.82) is 5.41 Å². The summed E-state index contributed by atoms with van der Waals surface area (Å²) in [7, 11) is 3.15. The van der Waals surface area contributed by atoms with Gasteiger partial charge in [-0.15, -0.1) is 0 Å². The van der Waals surface area contributed by atoms with Gasteiger partial charge in [0.05, 0.1) is 19.8 Å². The minimum absolute atomic E-state index is 0.00703. The summed E-state index contributed by atoms with van der Waals surface area (Å²) in [6, 6.07) is 12.6. The van der Waals surface area contributed by atoms with Gasteiger partial charge in [0.15, 0.2) is 17.3 Å². The number of methoxy groups -OCH3 is 2. The number of thioether (sulfide) groups is 1. The molecule has 0 saturated carbocycles. The molecule has 0 saturated heterocycles. The molecule has 2 aliphatic rings. The van der Waals surface area contributed by atoms with Crippen molar-refractivity contribution >= 4 is 39.8 Å². The van der Waals surface area contributed by atoms with Crippen LogP contribution in [0.25, 0.3) is 6.08 Å². The van der Waals surface area contributed by atoms with Gasteiger partial charge in [-0.25, -0.2) is 0 Å². The van der Waals surface area contributed by atoms with Crippen molar-refractivity contribution in [2.45, 2.75) is 19.8 Å². The molecule has 0 unspecified atom stereocenters. The Kier molecular flexibility index (Phi) is 7.71. The smallest absolute Gasteiger partial charge is 0.283 e. The third-order valence-corrected chi connectivity index (χ3v) is 6.08. The standard InChI is InChI=1S/C25H26N4O5S/c1-4-6-22-28-29-23(26)19(24(30)27-25(29)35-22)13-16-9-10-20(21(14-16)32-3)34-12-11-33-18-8-5-7-17(15-18)31-2/h5,7-10,13-15,26H,4,6,11-12H2,1-3H3/b19-13+,26-23?. The minimum Gasteiger partial charge on any atom is -0.497 e. The average Bonchev–Trinajstić information content (AvgIpc) is 3.27. The molecule has 2 aromatic rings. The molecule has 1 N–H and O–H groups in total. The Morgan fingerprint density at radius 2 is 1.83 bits per heavy atom. The number of carbonyl (C=O) groups excluding carboxylic acids is 1. The lowest BCUT2D eigenvalue weighted by atomic mass is 10.1. The Balaban J connectivity index is 1.42. The fraction of sp³-hybridized carbons (Fsp3) is 0.280. The summed E-state index contributed by atoms with van der Waals surface area (Å²) in [5.74, 6) is 2.00. The topological polar surface area (TPSA) is 106 Å². The number of hydrazone groups is 1. The van der Waals surface area contributed by atoms with E-state index in [1.165, 1.54) is 16.8 Å². The van der Waals surface area contributed by atoms with E-state index in [-0.39, 0.29) is 11.4 Å². The highest BCUT2D eigenvalue weighted by Gasteiger charge is 2.35. The summed E-state index contributed by atoms with van der Waals surface area (Å²) in [5.41, 5.74) is 0.844. The molecule has 9 nitrogen and oxygen atoms in total. The van der Waals surface area contributed by atoms with Crippen LogP contribution in [0.5, 0.6) is 23.0 Å². The fourth-order valence-corrected chi connectivity index (χ4v) is 4.40. The highest BCUT2D eigenvalue weighted by molar-refractivity contribution is 8.26. The Morgan fingerprint density at radius 1 is 1.03 bits per heavy atom. The summed E-state index contributed by atoms with van der Waals surface area (Å²) in [5, 5.41) is 15.6. The first-order chi connectivity index (χ1) is 17.0. The van der Waals surface area contributed by atoms with Crippen molar-refractivity contribution < 1.29 is 23.7 Å². The molecule has 0 bridgehead atoms. The summed E-state index contributed by atoms with van der Waals surface area (Å²) < 4.78 is 22.2. The molecule has 4 rings (SSSR count). The van der Waals surface area contributed by atoms with E-state index >= 15 is 0 Å². The van der Waals surface area contributed by atoms with Crippen LogP contribution in [-0.4, -0.2) is 54.4 Å². The van der Waals surface area contributed by atoms with Crippen molar-refractivity contribution in [3.05, 3.63) is 53.6 Å². The maximum absolute atomic E-state index is 12.6. The van der Waals surface area contributed by atoms with E-state index in [1.807, 2.05) is 18.2 Å². The first-order valence-corrected chi connectivity index (χ1v) is 11.9. The zero-order valence-corrected chi connectivity index (χ0v) is 20.6. The number of amidine groups is 2. The molecular weight excluding hydrogens is 468 g/mol. The van der Waals surface area contributed by atoms with Gasteiger partial charge in [-0.05, 0) is 60.5 Å². The van der Waals surface area contributed by atoms with Crippen molar-refractivity contribution in [1.82, 2.24) is 5.01 Å². The van der Waals surface area contributed by atoms with Gasteiger partial charge in [0, 0.05) is 6.07 Å². The third kappa shape index (κ3) is 5.65. The van der Waals surface area contributed by atoms with Gasteiger partial charge < -0.3 is 18.9 Å². The Labute approximate surface area is 207 Å². The van der Waals surface area contributed by atoms with E-state index in [9.17, 15) is 4.79 Å². The molecule has 0 atom stereocenters. The second-order valence-electron chi connectivity index (χ2n) is 7.55. The number of fused-ring (bicyclic) bond motifs is 1. The highest BCUT2D eigenvalue weighted by atomic mass is 32.2. The molecule has 2 aliphatic heterocycles. The lowest BCUT2D eigenvalue weighted by molar-refractivity contribution is -0.114. The number of benzene rings is 2.